The molecule has 2 aromatic rings. The standard InChI is InChI=1S/C19H23N3O2/c1-20-10-12-21(13-11-20)14-16-5-7-17(8-6-16)18(23)15-22-9-3-2-4-19(22)24/h2-9H,10-15H2,1H3. The summed E-state index contributed by atoms with van der Waals surface area (Å²) in [4.78, 5) is 28.8. The predicted molar refractivity (Wildman–Crippen MR) is 94.2 cm³/mol. The smallest absolute Gasteiger partial charge is 0.250 e. The van der Waals surface area contributed by atoms with Gasteiger partial charge in [0.25, 0.3) is 5.56 Å². The summed E-state index contributed by atoms with van der Waals surface area (Å²) in [5, 5.41) is 0. The van der Waals surface area contributed by atoms with Gasteiger partial charge < -0.3 is 9.47 Å². The molecule has 0 saturated carbocycles. The highest BCUT2D eigenvalue weighted by atomic mass is 16.1. The maximum absolute atomic E-state index is 12.3. The monoisotopic (exact) mass is 325 g/mol. The summed E-state index contributed by atoms with van der Waals surface area (Å²) in [5.74, 6) is -0.0468. The number of piperazine rings is 1. The number of rotatable bonds is 5. The lowest BCUT2D eigenvalue weighted by molar-refractivity contribution is 0.0971. The lowest BCUT2D eigenvalue weighted by atomic mass is 10.1. The van der Waals surface area contributed by atoms with Crippen LogP contribution in [0.1, 0.15) is 15.9 Å². The number of carbonyl (C=O) groups excluding carboxylic acids is 1. The molecule has 0 amide bonds. The van der Waals surface area contributed by atoms with E-state index in [1.807, 2.05) is 24.3 Å². The maximum Gasteiger partial charge on any atom is 0.250 e. The van der Waals surface area contributed by atoms with Gasteiger partial charge in [-0.1, -0.05) is 30.3 Å². The molecular formula is C19H23N3O2. The second-order valence-corrected chi connectivity index (χ2v) is 6.37. The van der Waals surface area contributed by atoms with E-state index < -0.39 is 0 Å². The molecule has 0 spiro atoms. The lowest BCUT2D eigenvalue weighted by Gasteiger charge is -2.32. The predicted octanol–water partition coefficient (Wildman–Crippen LogP) is 1.48. The third kappa shape index (κ3) is 4.19. The number of aromatic nitrogens is 1. The molecule has 5 nitrogen and oxygen atoms in total. The average molecular weight is 325 g/mol. The van der Waals surface area contributed by atoms with Crippen molar-refractivity contribution in [1.82, 2.24) is 14.4 Å². The quantitative estimate of drug-likeness (QED) is 0.781. The number of benzene rings is 1. The zero-order valence-corrected chi connectivity index (χ0v) is 14.0. The largest absolute Gasteiger partial charge is 0.308 e. The number of carbonyl (C=O) groups is 1. The maximum atomic E-state index is 12.3. The molecule has 0 N–H and O–H groups in total. The van der Waals surface area contributed by atoms with Crippen LogP contribution < -0.4 is 5.56 Å². The molecule has 5 heteroatoms. The molecule has 0 unspecified atom stereocenters. The average Bonchev–Trinajstić information content (AvgIpc) is 2.59. The van der Waals surface area contributed by atoms with Gasteiger partial charge in [-0.3, -0.25) is 14.5 Å². The summed E-state index contributed by atoms with van der Waals surface area (Å²) in [6.45, 7) is 5.35. The number of pyridine rings is 1. The van der Waals surface area contributed by atoms with E-state index in [4.69, 9.17) is 0 Å². The van der Waals surface area contributed by atoms with Gasteiger partial charge in [0.15, 0.2) is 5.78 Å². The summed E-state index contributed by atoms with van der Waals surface area (Å²) in [6, 6.07) is 12.7. The first-order chi connectivity index (χ1) is 11.6. The Morgan fingerprint density at radius 1 is 1.00 bits per heavy atom. The van der Waals surface area contributed by atoms with Gasteiger partial charge in [-0.2, -0.15) is 0 Å². The van der Waals surface area contributed by atoms with Gasteiger partial charge in [0.1, 0.15) is 0 Å². The van der Waals surface area contributed by atoms with Crippen LogP contribution in [-0.4, -0.2) is 53.4 Å². The van der Waals surface area contributed by atoms with Crippen molar-refractivity contribution in [1.29, 1.82) is 0 Å². The van der Waals surface area contributed by atoms with E-state index in [0.717, 1.165) is 32.7 Å². The molecule has 0 bridgehead atoms. The van der Waals surface area contributed by atoms with Crippen LogP contribution in [-0.2, 0) is 13.1 Å². The Bertz CT molecular complexity index is 744. The topological polar surface area (TPSA) is 45.5 Å². The molecule has 126 valence electrons. The molecule has 0 aliphatic carbocycles. The van der Waals surface area contributed by atoms with Crippen LogP contribution >= 0.6 is 0 Å². The number of hydrogen-bond donors (Lipinski definition) is 0. The molecule has 1 saturated heterocycles. The second kappa shape index (κ2) is 7.55. The molecular weight excluding hydrogens is 302 g/mol. The van der Waals surface area contributed by atoms with Crippen LogP contribution in [0, 0.1) is 0 Å². The van der Waals surface area contributed by atoms with Crippen molar-refractivity contribution in [2.24, 2.45) is 0 Å². The molecule has 3 rings (SSSR count). The third-order valence-corrected chi connectivity index (χ3v) is 4.49. The summed E-state index contributed by atoms with van der Waals surface area (Å²) >= 11 is 0. The van der Waals surface area contributed by atoms with Crippen LogP contribution in [0.15, 0.2) is 53.5 Å². The highest BCUT2D eigenvalue weighted by Crippen LogP contribution is 2.10. The van der Waals surface area contributed by atoms with Crippen LogP contribution in [0.2, 0.25) is 0 Å². The number of nitrogens with zero attached hydrogens (tertiary/aromatic N) is 3. The first-order valence-corrected chi connectivity index (χ1v) is 8.30. The van der Waals surface area contributed by atoms with E-state index in [1.54, 1.807) is 18.3 Å². The van der Waals surface area contributed by atoms with Gasteiger partial charge in [-0.05, 0) is 18.7 Å². The molecule has 1 aromatic carbocycles. The Kier molecular flexibility index (Phi) is 5.23. The van der Waals surface area contributed by atoms with E-state index in [-0.39, 0.29) is 17.9 Å². The van der Waals surface area contributed by atoms with Crippen LogP contribution in [0.5, 0.6) is 0 Å². The molecule has 1 fully saturated rings. The molecule has 1 aromatic heterocycles. The normalized spacial score (nSPS) is 16.2. The molecule has 2 heterocycles. The molecule has 1 aliphatic heterocycles. The summed E-state index contributed by atoms with van der Waals surface area (Å²) in [6.07, 6.45) is 1.64. The molecule has 24 heavy (non-hydrogen) atoms. The highest BCUT2D eigenvalue weighted by Gasteiger charge is 2.14. The fraction of sp³-hybridized carbons (Fsp3) is 0.368. The van der Waals surface area contributed by atoms with E-state index in [9.17, 15) is 9.59 Å². The van der Waals surface area contributed by atoms with Gasteiger partial charge in [-0.15, -0.1) is 0 Å². The summed E-state index contributed by atoms with van der Waals surface area (Å²) < 4.78 is 1.43. The van der Waals surface area contributed by atoms with Crippen LogP contribution in [0.4, 0.5) is 0 Å². The van der Waals surface area contributed by atoms with Crippen molar-refractivity contribution in [3.63, 3.8) is 0 Å². The Balaban J connectivity index is 1.60. The van der Waals surface area contributed by atoms with Crippen LogP contribution in [0.3, 0.4) is 0 Å². The number of ketones is 1. The van der Waals surface area contributed by atoms with E-state index in [2.05, 4.69) is 16.8 Å². The Morgan fingerprint density at radius 2 is 1.71 bits per heavy atom. The Hall–Kier alpha value is -2.24. The number of hydrogen-bond acceptors (Lipinski definition) is 4. The second-order valence-electron chi connectivity index (χ2n) is 6.37. The van der Waals surface area contributed by atoms with Crippen LogP contribution in [0.25, 0.3) is 0 Å². The van der Waals surface area contributed by atoms with Gasteiger partial charge in [0.2, 0.25) is 0 Å². The zero-order valence-electron chi connectivity index (χ0n) is 14.0. The molecule has 0 atom stereocenters. The van der Waals surface area contributed by atoms with E-state index in [1.165, 1.54) is 16.2 Å². The summed E-state index contributed by atoms with van der Waals surface area (Å²) in [5.41, 5.74) is 1.71. The minimum Gasteiger partial charge on any atom is -0.308 e. The minimum absolute atomic E-state index is 0.0468. The van der Waals surface area contributed by atoms with Gasteiger partial charge in [0, 0.05) is 50.6 Å². The fourth-order valence-corrected chi connectivity index (χ4v) is 2.90. The van der Waals surface area contributed by atoms with Crippen molar-refractivity contribution >= 4 is 5.78 Å². The first-order valence-electron chi connectivity index (χ1n) is 8.30. The lowest BCUT2D eigenvalue weighted by Crippen LogP contribution is -2.43. The number of Topliss-reactive ketones (excluding diaryl/α,β-unsaturated/α-hetero) is 1. The van der Waals surface area contributed by atoms with Gasteiger partial charge in [0.05, 0.1) is 6.54 Å². The SMILES string of the molecule is CN1CCN(Cc2ccc(C(=O)Cn3ccccc3=O)cc2)CC1. The van der Waals surface area contributed by atoms with Gasteiger partial charge in [-0.25, -0.2) is 0 Å². The van der Waals surface area contributed by atoms with Gasteiger partial charge >= 0.3 is 0 Å². The van der Waals surface area contributed by atoms with Crippen molar-refractivity contribution in [2.75, 3.05) is 33.2 Å². The molecule has 1 aliphatic rings. The third-order valence-electron chi connectivity index (χ3n) is 4.49. The summed E-state index contributed by atoms with van der Waals surface area (Å²) in [7, 11) is 2.15. The van der Waals surface area contributed by atoms with E-state index >= 15 is 0 Å². The zero-order chi connectivity index (χ0) is 16.9. The Morgan fingerprint density at radius 3 is 2.38 bits per heavy atom. The highest BCUT2D eigenvalue weighted by molar-refractivity contribution is 5.95. The number of likely N-dealkylation sites (N-methyl/N-ethyl adjacent to an activating group) is 1. The molecule has 0 radical (unpaired) electrons. The van der Waals surface area contributed by atoms with Crippen molar-refractivity contribution in [3.8, 4) is 0 Å². The Labute approximate surface area is 142 Å². The van der Waals surface area contributed by atoms with E-state index in [0.29, 0.717) is 5.56 Å². The van der Waals surface area contributed by atoms with Crippen molar-refractivity contribution in [3.05, 3.63) is 70.1 Å². The first kappa shape index (κ1) is 16.6. The minimum atomic E-state index is -0.155. The van der Waals surface area contributed by atoms with Crippen molar-refractivity contribution in [2.45, 2.75) is 13.1 Å². The fourth-order valence-electron chi connectivity index (χ4n) is 2.90. The van der Waals surface area contributed by atoms with Crippen molar-refractivity contribution < 1.29 is 4.79 Å².